The van der Waals surface area contributed by atoms with Gasteiger partial charge in [0.25, 0.3) is 5.91 Å². The average Bonchev–Trinajstić information content (AvgIpc) is 3.24. The lowest BCUT2D eigenvalue weighted by Crippen LogP contribution is -2.64. The zero-order valence-electron chi connectivity index (χ0n) is 19.2. The second-order valence-electron chi connectivity index (χ2n) is 9.56. The fourth-order valence-corrected chi connectivity index (χ4v) is 5.56. The number of nitrogens with one attached hydrogen (secondary N) is 2. The van der Waals surface area contributed by atoms with Gasteiger partial charge in [0.1, 0.15) is 17.2 Å². The van der Waals surface area contributed by atoms with Gasteiger partial charge in [-0.25, -0.2) is 4.68 Å². The summed E-state index contributed by atoms with van der Waals surface area (Å²) in [5.41, 5.74) is 8.99. The fourth-order valence-electron chi connectivity index (χ4n) is 5.56. The van der Waals surface area contributed by atoms with Crippen molar-refractivity contribution in [1.82, 2.24) is 20.0 Å². The maximum Gasteiger partial charge on any atom is 0.269 e. The van der Waals surface area contributed by atoms with Gasteiger partial charge in [0.15, 0.2) is 5.69 Å². The van der Waals surface area contributed by atoms with E-state index in [4.69, 9.17) is 15.6 Å². The van der Waals surface area contributed by atoms with Gasteiger partial charge in [-0.15, -0.1) is 0 Å². The molecule has 1 saturated carbocycles. The normalized spacial score (nSPS) is 21.4. The first-order valence-corrected chi connectivity index (χ1v) is 12.1. The Kier molecular flexibility index (Phi) is 5.27. The Morgan fingerprint density at radius 1 is 1.06 bits per heavy atom. The minimum absolute atomic E-state index is 0.177. The number of nitrogens with zero attached hydrogens (tertiary/aromatic N) is 3. The number of carbonyl (C=O) groups is 1. The van der Waals surface area contributed by atoms with Crippen molar-refractivity contribution in [2.24, 2.45) is 5.73 Å². The highest BCUT2D eigenvalue weighted by molar-refractivity contribution is 5.98. The third-order valence-corrected chi connectivity index (χ3v) is 7.40. The number of carbonyl (C=O) groups excluding carboxylic acids is 1. The zero-order chi connectivity index (χ0) is 23.1. The van der Waals surface area contributed by atoms with Crippen LogP contribution in [0.1, 0.15) is 47.9 Å². The van der Waals surface area contributed by atoms with Crippen molar-refractivity contribution in [3.8, 4) is 17.2 Å². The van der Waals surface area contributed by atoms with Gasteiger partial charge in [-0.2, -0.15) is 5.10 Å². The molecule has 0 bridgehead atoms. The molecule has 2 fully saturated rings. The van der Waals surface area contributed by atoms with Crippen LogP contribution in [0.4, 0.5) is 5.69 Å². The van der Waals surface area contributed by atoms with E-state index >= 15 is 0 Å². The van der Waals surface area contributed by atoms with Crippen LogP contribution in [-0.2, 0) is 0 Å². The molecular formula is C26H30N6O2. The van der Waals surface area contributed by atoms with Crippen molar-refractivity contribution in [2.75, 3.05) is 31.5 Å². The number of para-hydroxylation sites is 1. The first-order valence-electron chi connectivity index (χ1n) is 12.1. The summed E-state index contributed by atoms with van der Waals surface area (Å²) in [6.07, 6.45) is 4.73. The van der Waals surface area contributed by atoms with Gasteiger partial charge in [-0.3, -0.25) is 9.69 Å². The molecule has 8 heteroatoms. The minimum Gasteiger partial charge on any atom is -0.457 e. The summed E-state index contributed by atoms with van der Waals surface area (Å²) in [7, 11) is 0. The van der Waals surface area contributed by atoms with Gasteiger partial charge in [-0.05, 0) is 62.1 Å². The van der Waals surface area contributed by atoms with E-state index in [1.165, 1.54) is 19.3 Å². The van der Waals surface area contributed by atoms with E-state index in [1.54, 1.807) is 4.68 Å². The van der Waals surface area contributed by atoms with Crippen LogP contribution in [0.5, 0.6) is 11.5 Å². The van der Waals surface area contributed by atoms with Crippen molar-refractivity contribution >= 4 is 11.6 Å². The molecule has 2 aromatic carbocycles. The second-order valence-corrected chi connectivity index (χ2v) is 9.56. The predicted molar refractivity (Wildman–Crippen MR) is 131 cm³/mol. The SMILES string of the molecule is NC(=O)c1c2c(nn1-c1ccc(Oc3ccccc3)cc1)C(N1CCNC3(CCC3)C1)CCN2. The monoisotopic (exact) mass is 458 g/mol. The summed E-state index contributed by atoms with van der Waals surface area (Å²) in [6, 6.07) is 17.4. The third-order valence-electron chi connectivity index (χ3n) is 7.40. The van der Waals surface area contributed by atoms with Crippen LogP contribution < -0.4 is 21.1 Å². The van der Waals surface area contributed by atoms with Crippen molar-refractivity contribution in [1.29, 1.82) is 0 Å². The molecule has 1 saturated heterocycles. The van der Waals surface area contributed by atoms with E-state index in [0.717, 1.165) is 61.2 Å². The highest BCUT2D eigenvalue weighted by Crippen LogP contribution is 2.41. The first kappa shape index (κ1) is 21.2. The number of amides is 1. The van der Waals surface area contributed by atoms with Crippen LogP contribution in [0.3, 0.4) is 0 Å². The molecular weight excluding hydrogens is 428 g/mol. The number of fused-ring (bicyclic) bond motifs is 1. The van der Waals surface area contributed by atoms with Gasteiger partial charge < -0.3 is 21.1 Å². The maximum atomic E-state index is 12.6. The fraction of sp³-hybridized carbons (Fsp3) is 0.385. The molecule has 6 rings (SSSR count). The number of primary amides is 1. The van der Waals surface area contributed by atoms with Crippen LogP contribution >= 0.6 is 0 Å². The van der Waals surface area contributed by atoms with Crippen LogP contribution in [0, 0.1) is 0 Å². The number of nitrogens with two attached hydrogens (primary N) is 1. The molecule has 3 heterocycles. The summed E-state index contributed by atoms with van der Waals surface area (Å²) >= 11 is 0. The smallest absolute Gasteiger partial charge is 0.269 e. The van der Waals surface area contributed by atoms with E-state index in [2.05, 4.69) is 15.5 Å². The summed E-state index contributed by atoms with van der Waals surface area (Å²) in [6.45, 7) is 3.80. The third kappa shape index (κ3) is 3.73. The molecule has 1 spiro atoms. The molecule has 1 unspecified atom stereocenters. The molecule has 3 aliphatic rings. The Bertz CT molecular complexity index is 1190. The molecule has 176 valence electrons. The summed E-state index contributed by atoms with van der Waals surface area (Å²) < 4.78 is 7.60. The van der Waals surface area contributed by atoms with Crippen molar-refractivity contribution in [3.05, 3.63) is 66.0 Å². The van der Waals surface area contributed by atoms with Gasteiger partial charge in [0, 0.05) is 31.7 Å². The average molecular weight is 459 g/mol. The van der Waals surface area contributed by atoms with Crippen molar-refractivity contribution in [2.45, 2.75) is 37.3 Å². The number of piperazine rings is 1. The summed E-state index contributed by atoms with van der Waals surface area (Å²) in [5.74, 6) is 1.01. The standard InChI is InChI=1S/C26H30N6O2/c27-25(33)24-23-22(21(11-14-28-23)31-16-15-29-26(17-31)12-4-13-26)30-32(24)18-7-9-20(10-8-18)34-19-5-2-1-3-6-19/h1-3,5-10,21,28-29H,4,11-17H2,(H2,27,33). The van der Waals surface area contributed by atoms with Gasteiger partial charge in [0.05, 0.1) is 17.4 Å². The Labute approximate surface area is 199 Å². The number of hydrogen-bond acceptors (Lipinski definition) is 6. The molecule has 34 heavy (non-hydrogen) atoms. The minimum atomic E-state index is -0.484. The second kappa shape index (κ2) is 8.45. The Morgan fingerprint density at radius 2 is 1.82 bits per heavy atom. The molecule has 4 N–H and O–H groups in total. The van der Waals surface area contributed by atoms with E-state index in [-0.39, 0.29) is 11.6 Å². The van der Waals surface area contributed by atoms with E-state index in [0.29, 0.717) is 5.69 Å². The Balaban J connectivity index is 1.31. The number of ether oxygens (including phenoxy) is 1. The molecule has 1 aromatic heterocycles. The number of rotatable bonds is 5. The highest BCUT2D eigenvalue weighted by atomic mass is 16.5. The highest BCUT2D eigenvalue weighted by Gasteiger charge is 2.43. The predicted octanol–water partition coefficient (Wildman–Crippen LogP) is 3.45. The molecule has 3 aromatic rings. The van der Waals surface area contributed by atoms with Crippen LogP contribution in [0.25, 0.3) is 5.69 Å². The van der Waals surface area contributed by atoms with Crippen LogP contribution in [0.15, 0.2) is 54.6 Å². The Hall–Kier alpha value is -3.36. The number of benzene rings is 2. The molecule has 1 atom stereocenters. The van der Waals surface area contributed by atoms with E-state index < -0.39 is 5.91 Å². The lowest BCUT2D eigenvalue weighted by atomic mass is 9.75. The summed E-state index contributed by atoms with van der Waals surface area (Å²) in [5, 5.41) is 12.1. The zero-order valence-corrected chi connectivity index (χ0v) is 19.2. The van der Waals surface area contributed by atoms with Gasteiger partial charge in [-0.1, -0.05) is 18.2 Å². The first-order chi connectivity index (χ1) is 16.6. The molecule has 1 amide bonds. The number of hydrogen-bond donors (Lipinski definition) is 3. The quantitative estimate of drug-likeness (QED) is 0.542. The lowest BCUT2D eigenvalue weighted by molar-refractivity contribution is 0.0404. The van der Waals surface area contributed by atoms with Gasteiger partial charge >= 0.3 is 0 Å². The van der Waals surface area contributed by atoms with E-state index in [1.807, 2.05) is 54.6 Å². The topological polar surface area (TPSA) is 97.4 Å². The number of anilines is 1. The lowest BCUT2D eigenvalue weighted by Gasteiger charge is -2.51. The van der Waals surface area contributed by atoms with Crippen LogP contribution in [-0.4, -0.2) is 52.3 Å². The van der Waals surface area contributed by atoms with Crippen molar-refractivity contribution < 1.29 is 9.53 Å². The Morgan fingerprint density at radius 3 is 2.53 bits per heavy atom. The van der Waals surface area contributed by atoms with E-state index in [9.17, 15) is 4.79 Å². The van der Waals surface area contributed by atoms with Crippen LogP contribution in [0.2, 0.25) is 0 Å². The summed E-state index contributed by atoms with van der Waals surface area (Å²) in [4.78, 5) is 15.1. The molecule has 1 aliphatic carbocycles. The molecule has 8 nitrogen and oxygen atoms in total. The van der Waals surface area contributed by atoms with Crippen molar-refractivity contribution in [3.63, 3.8) is 0 Å². The van der Waals surface area contributed by atoms with Gasteiger partial charge in [0.2, 0.25) is 0 Å². The molecule has 2 aliphatic heterocycles. The number of aromatic nitrogens is 2. The maximum absolute atomic E-state index is 12.6. The molecule has 0 radical (unpaired) electrons. The largest absolute Gasteiger partial charge is 0.457 e.